The van der Waals surface area contributed by atoms with Crippen LogP contribution in [0.5, 0.6) is 0 Å². The summed E-state index contributed by atoms with van der Waals surface area (Å²) in [5, 5.41) is 0. The second-order valence-electron chi connectivity index (χ2n) is 4.10. The predicted octanol–water partition coefficient (Wildman–Crippen LogP) is 3.54. The van der Waals surface area contributed by atoms with Crippen molar-refractivity contribution in [3.63, 3.8) is 0 Å². The van der Waals surface area contributed by atoms with E-state index >= 15 is 0 Å². The van der Waals surface area contributed by atoms with Crippen molar-refractivity contribution in [1.82, 2.24) is 0 Å². The molecule has 2 aromatic carbocycles. The van der Waals surface area contributed by atoms with Gasteiger partial charge in [0.15, 0.2) is 0 Å². The molecular weight excluding hydrogens is 239 g/mol. The number of hydrogen-bond acceptors (Lipinski definition) is 1. The first-order chi connectivity index (χ1) is 8.52. The first kappa shape index (κ1) is 12.6. The van der Waals surface area contributed by atoms with Crippen LogP contribution in [0.15, 0.2) is 30.3 Å². The van der Waals surface area contributed by atoms with Crippen molar-refractivity contribution in [3.05, 3.63) is 58.9 Å². The highest BCUT2D eigenvalue weighted by molar-refractivity contribution is 5.65. The van der Waals surface area contributed by atoms with Gasteiger partial charge in [0, 0.05) is 17.7 Å². The summed E-state index contributed by atoms with van der Waals surface area (Å²) in [4.78, 5) is 0. The minimum absolute atomic E-state index is 0.0311. The van der Waals surface area contributed by atoms with Gasteiger partial charge in [0.2, 0.25) is 0 Å². The molecule has 0 aromatic heterocycles. The minimum Gasteiger partial charge on any atom is -0.326 e. The van der Waals surface area contributed by atoms with Crippen molar-refractivity contribution in [2.24, 2.45) is 5.73 Å². The molecule has 0 aliphatic heterocycles. The van der Waals surface area contributed by atoms with Crippen LogP contribution in [0.2, 0.25) is 0 Å². The fraction of sp³-hybridized carbons (Fsp3) is 0.143. The van der Waals surface area contributed by atoms with Crippen LogP contribution in [0.3, 0.4) is 0 Å². The maximum atomic E-state index is 13.8. The molecule has 2 rings (SSSR count). The van der Waals surface area contributed by atoms with Gasteiger partial charge >= 0.3 is 0 Å². The van der Waals surface area contributed by atoms with Gasteiger partial charge in [0.05, 0.1) is 0 Å². The third-order valence-electron chi connectivity index (χ3n) is 2.81. The molecule has 2 aromatic rings. The maximum absolute atomic E-state index is 13.8. The molecule has 1 nitrogen and oxygen atoms in total. The van der Waals surface area contributed by atoms with E-state index in [1.54, 1.807) is 6.07 Å². The summed E-state index contributed by atoms with van der Waals surface area (Å²) in [6, 6.07) is 6.29. The van der Waals surface area contributed by atoms with Gasteiger partial charge in [-0.1, -0.05) is 12.1 Å². The summed E-state index contributed by atoms with van der Waals surface area (Å²) in [5.74, 6) is -1.82. The van der Waals surface area contributed by atoms with E-state index in [-0.39, 0.29) is 23.2 Å². The molecule has 0 heterocycles. The molecule has 0 amide bonds. The number of hydrogen-bond donors (Lipinski definition) is 1. The summed E-state index contributed by atoms with van der Waals surface area (Å²) in [5.41, 5.74) is 6.12. The molecule has 4 heteroatoms. The summed E-state index contributed by atoms with van der Waals surface area (Å²) < 4.78 is 40.9. The van der Waals surface area contributed by atoms with Crippen molar-refractivity contribution in [2.75, 3.05) is 0 Å². The lowest BCUT2D eigenvalue weighted by atomic mass is 10.0. The lowest BCUT2D eigenvalue weighted by molar-refractivity contribution is 0.591. The number of halogens is 3. The summed E-state index contributed by atoms with van der Waals surface area (Å²) in [6.45, 7) is 1.65. The Morgan fingerprint density at radius 2 is 1.56 bits per heavy atom. The Hall–Kier alpha value is -1.81. The average molecular weight is 251 g/mol. The summed E-state index contributed by atoms with van der Waals surface area (Å²) in [6.07, 6.45) is 0. The standard InChI is InChI=1S/C14H12F3N/c1-8-4-13(16)11(6-12(8)15)10-3-2-9(7-18)5-14(10)17/h2-6H,7,18H2,1H3. The first-order valence-electron chi connectivity index (χ1n) is 5.47. The molecule has 94 valence electrons. The van der Waals surface area contributed by atoms with Gasteiger partial charge in [-0.2, -0.15) is 0 Å². The summed E-state index contributed by atoms with van der Waals surface area (Å²) >= 11 is 0. The molecule has 0 radical (unpaired) electrons. The van der Waals surface area contributed by atoms with Gasteiger partial charge in [0.25, 0.3) is 0 Å². The van der Waals surface area contributed by atoms with E-state index in [2.05, 4.69) is 0 Å². The van der Waals surface area contributed by atoms with E-state index in [9.17, 15) is 13.2 Å². The molecule has 2 N–H and O–H groups in total. The molecule has 0 spiro atoms. The Kier molecular flexibility index (Phi) is 3.39. The van der Waals surface area contributed by atoms with Crippen LogP contribution in [-0.2, 0) is 6.54 Å². The molecule has 18 heavy (non-hydrogen) atoms. The normalized spacial score (nSPS) is 10.7. The fourth-order valence-electron chi connectivity index (χ4n) is 1.76. The van der Waals surface area contributed by atoms with Crippen LogP contribution in [0.25, 0.3) is 11.1 Å². The Morgan fingerprint density at radius 1 is 0.889 bits per heavy atom. The molecule has 0 atom stereocenters. The quantitative estimate of drug-likeness (QED) is 0.868. The van der Waals surface area contributed by atoms with Crippen LogP contribution in [0.1, 0.15) is 11.1 Å². The van der Waals surface area contributed by atoms with Crippen molar-refractivity contribution in [2.45, 2.75) is 13.5 Å². The van der Waals surface area contributed by atoms with Crippen molar-refractivity contribution in [1.29, 1.82) is 0 Å². The van der Waals surface area contributed by atoms with Crippen LogP contribution in [0.4, 0.5) is 13.2 Å². The van der Waals surface area contributed by atoms with Gasteiger partial charge < -0.3 is 5.73 Å². The van der Waals surface area contributed by atoms with E-state index in [0.29, 0.717) is 5.56 Å². The maximum Gasteiger partial charge on any atom is 0.131 e. The van der Waals surface area contributed by atoms with E-state index in [1.807, 2.05) is 0 Å². The van der Waals surface area contributed by atoms with Gasteiger partial charge in [-0.15, -0.1) is 0 Å². The fourth-order valence-corrected chi connectivity index (χ4v) is 1.76. The lowest BCUT2D eigenvalue weighted by Gasteiger charge is -2.08. The van der Waals surface area contributed by atoms with Crippen LogP contribution in [-0.4, -0.2) is 0 Å². The van der Waals surface area contributed by atoms with Gasteiger partial charge in [-0.25, -0.2) is 13.2 Å². The molecule has 0 saturated heterocycles. The molecule has 0 bridgehead atoms. The monoisotopic (exact) mass is 251 g/mol. The molecule has 0 saturated carbocycles. The Labute approximate surface area is 103 Å². The zero-order chi connectivity index (χ0) is 13.3. The van der Waals surface area contributed by atoms with Gasteiger partial charge in [0.1, 0.15) is 17.5 Å². The van der Waals surface area contributed by atoms with Crippen LogP contribution in [0, 0.1) is 24.4 Å². The molecule has 0 fully saturated rings. The van der Waals surface area contributed by atoms with Crippen molar-refractivity contribution in [3.8, 4) is 11.1 Å². The third-order valence-corrected chi connectivity index (χ3v) is 2.81. The van der Waals surface area contributed by atoms with Crippen LogP contribution >= 0.6 is 0 Å². The second kappa shape index (κ2) is 4.82. The highest BCUT2D eigenvalue weighted by atomic mass is 19.1. The number of rotatable bonds is 2. The number of aryl methyl sites for hydroxylation is 1. The van der Waals surface area contributed by atoms with E-state index in [1.165, 1.54) is 19.1 Å². The first-order valence-corrected chi connectivity index (χ1v) is 5.47. The van der Waals surface area contributed by atoms with E-state index in [4.69, 9.17) is 5.73 Å². The average Bonchev–Trinajstić information content (AvgIpc) is 2.34. The lowest BCUT2D eigenvalue weighted by Crippen LogP contribution is -1.98. The Bertz CT molecular complexity index is 594. The zero-order valence-electron chi connectivity index (χ0n) is 9.81. The van der Waals surface area contributed by atoms with Crippen molar-refractivity contribution >= 4 is 0 Å². The number of benzene rings is 2. The van der Waals surface area contributed by atoms with E-state index < -0.39 is 17.5 Å². The highest BCUT2D eigenvalue weighted by Crippen LogP contribution is 2.28. The van der Waals surface area contributed by atoms with Crippen molar-refractivity contribution < 1.29 is 13.2 Å². The SMILES string of the molecule is Cc1cc(F)c(-c2ccc(CN)cc2F)cc1F. The smallest absolute Gasteiger partial charge is 0.131 e. The van der Waals surface area contributed by atoms with Gasteiger partial charge in [-0.3, -0.25) is 0 Å². The minimum atomic E-state index is -0.645. The Balaban J connectivity index is 2.58. The van der Waals surface area contributed by atoms with Crippen LogP contribution < -0.4 is 5.73 Å². The molecule has 0 unspecified atom stereocenters. The van der Waals surface area contributed by atoms with Gasteiger partial charge in [-0.05, 0) is 36.2 Å². The second-order valence-corrected chi connectivity index (χ2v) is 4.10. The molecule has 0 aliphatic carbocycles. The predicted molar refractivity (Wildman–Crippen MR) is 64.4 cm³/mol. The number of nitrogens with two attached hydrogens (primary N) is 1. The Morgan fingerprint density at radius 3 is 2.17 bits per heavy atom. The molecule has 0 aliphatic rings. The zero-order valence-corrected chi connectivity index (χ0v) is 9.81. The highest BCUT2D eigenvalue weighted by Gasteiger charge is 2.13. The third kappa shape index (κ3) is 2.24. The topological polar surface area (TPSA) is 26.0 Å². The summed E-state index contributed by atoms with van der Waals surface area (Å²) in [7, 11) is 0. The largest absolute Gasteiger partial charge is 0.326 e. The van der Waals surface area contributed by atoms with E-state index in [0.717, 1.165) is 12.1 Å². The molecular formula is C14H12F3N.